The fraction of sp³-hybridized carbons (Fsp3) is 0.0556. The third-order valence-corrected chi connectivity index (χ3v) is 3.50. The van der Waals surface area contributed by atoms with Crippen LogP contribution in [0.15, 0.2) is 59.0 Å². The molecule has 0 bridgehead atoms. The van der Waals surface area contributed by atoms with Gasteiger partial charge in [-0.15, -0.1) is 0 Å². The molecule has 0 radical (unpaired) electrons. The van der Waals surface area contributed by atoms with Crippen LogP contribution in [0.4, 0.5) is 13.2 Å². The van der Waals surface area contributed by atoms with Crippen molar-refractivity contribution in [1.29, 1.82) is 5.26 Å². The largest absolute Gasteiger partial charge is 0.507 e. The summed E-state index contributed by atoms with van der Waals surface area (Å²) in [6, 6.07) is 14.0. The van der Waals surface area contributed by atoms with Crippen LogP contribution >= 0.6 is 0 Å². The molecule has 120 valence electrons. The minimum Gasteiger partial charge on any atom is -0.507 e. The van der Waals surface area contributed by atoms with Gasteiger partial charge < -0.3 is 9.52 Å². The summed E-state index contributed by atoms with van der Waals surface area (Å²) in [7, 11) is 0. The molecular weight excluding hydrogens is 319 g/mol. The Bertz CT molecular complexity index is 936. The third-order valence-electron chi connectivity index (χ3n) is 3.50. The van der Waals surface area contributed by atoms with Gasteiger partial charge in [-0.05, 0) is 36.4 Å². The van der Waals surface area contributed by atoms with Gasteiger partial charge in [-0.25, -0.2) is 0 Å². The Morgan fingerprint density at radius 3 is 2.25 bits per heavy atom. The number of nitrogens with zero attached hydrogens (tertiary/aromatic N) is 1. The first-order valence-corrected chi connectivity index (χ1v) is 6.90. The van der Waals surface area contributed by atoms with Crippen LogP contribution in [0.5, 0.6) is 5.75 Å². The van der Waals surface area contributed by atoms with Crippen LogP contribution in [0.25, 0.3) is 22.6 Å². The van der Waals surface area contributed by atoms with Crippen molar-refractivity contribution in [2.75, 3.05) is 0 Å². The normalized spacial score (nSPS) is 11.2. The average molecular weight is 329 g/mol. The molecule has 0 unspecified atom stereocenters. The molecule has 0 aliphatic heterocycles. The molecule has 1 N–H and O–H groups in total. The predicted molar refractivity (Wildman–Crippen MR) is 81.0 cm³/mol. The van der Waals surface area contributed by atoms with Crippen LogP contribution in [0, 0.1) is 11.3 Å². The highest BCUT2D eigenvalue weighted by atomic mass is 19.4. The van der Waals surface area contributed by atoms with Gasteiger partial charge in [-0.2, -0.15) is 18.4 Å². The summed E-state index contributed by atoms with van der Waals surface area (Å²) in [5.74, 6) is 0.0790. The summed E-state index contributed by atoms with van der Waals surface area (Å²) in [5.41, 5.74) is -0.352. The highest BCUT2D eigenvalue weighted by molar-refractivity contribution is 5.71. The summed E-state index contributed by atoms with van der Waals surface area (Å²) in [6.07, 6.45) is -4.51. The molecule has 1 aromatic heterocycles. The zero-order valence-electron chi connectivity index (χ0n) is 12.1. The molecule has 0 aliphatic carbocycles. The van der Waals surface area contributed by atoms with E-state index in [1.807, 2.05) is 6.07 Å². The quantitative estimate of drug-likeness (QED) is 0.702. The summed E-state index contributed by atoms with van der Waals surface area (Å²) in [6.45, 7) is 0. The van der Waals surface area contributed by atoms with Gasteiger partial charge in [0, 0.05) is 5.56 Å². The van der Waals surface area contributed by atoms with E-state index in [1.165, 1.54) is 48.5 Å². The molecule has 3 nitrogen and oxygen atoms in total. The predicted octanol–water partition coefficient (Wildman–Crippen LogP) is 5.21. The van der Waals surface area contributed by atoms with E-state index in [2.05, 4.69) is 0 Å². The first kappa shape index (κ1) is 15.7. The Morgan fingerprint density at radius 1 is 0.917 bits per heavy atom. The minimum atomic E-state index is -4.51. The first-order valence-electron chi connectivity index (χ1n) is 6.90. The van der Waals surface area contributed by atoms with Gasteiger partial charge in [0.1, 0.15) is 17.3 Å². The number of furan rings is 1. The monoisotopic (exact) mass is 329 g/mol. The third kappa shape index (κ3) is 2.84. The number of phenols is 1. The summed E-state index contributed by atoms with van der Waals surface area (Å²) < 4.78 is 44.8. The van der Waals surface area contributed by atoms with Crippen molar-refractivity contribution >= 4 is 0 Å². The molecule has 0 atom stereocenters. The zero-order chi connectivity index (χ0) is 17.3. The fourth-order valence-electron chi connectivity index (χ4n) is 2.38. The van der Waals surface area contributed by atoms with Crippen molar-refractivity contribution < 1.29 is 22.7 Å². The second kappa shape index (κ2) is 5.78. The van der Waals surface area contributed by atoms with Gasteiger partial charge in [0.2, 0.25) is 0 Å². The van der Waals surface area contributed by atoms with Gasteiger partial charge >= 0.3 is 6.18 Å². The van der Waals surface area contributed by atoms with Crippen molar-refractivity contribution in [3.8, 4) is 34.5 Å². The highest BCUT2D eigenvalue weighted by Gasteiger charge is 2.34. The Hall–Kier alpha value is -3.20. The van der Waals surface area contributed by atoms with Gasteiger partial charge in [-0.1, -0.05) is 18.2 Å². The molecule has 0 amide bonds. The smallest absolute Gasteiger partial charge is 0.417 e. The fourth-order valence-corrected chi connectivity index (χ4v) is 2.38. The van der Waals surface area contributed by atoms with E-state index in [0.717, 1.165) is 6.07 Å². The molecule has 0 spiro atoms. The second-order valence-electron chi connectivity index (χ2n) is 5.05. The zero-order valence-corrected chi connectivity index (χ0v) is 12.1. The van der Waals surface area contributed by atoms with E-state index < -0.39 is 11.7 Å². The van der Waals surface area contributed by atoms with Gasteiger partial charge in [-0.3, -0.25) is 0 Å². The number of hydrogen-bond donors (Lipinski definition) is 1. The number of phenolic OH excluding ortho intramolecular Hbond substituents is 1. The van der Waals surface area contributed by atoms with Crippen LogP contribution < -0.4 is 0 Å². The number of alkyl halides is 3. The van der Waals surface area contributed by atoms with E-state index in [-0.39, 0.29) is 28.4 Å². The molecule has 2 aromatic carbocycles. The van der Waals surface area contributed by atoms with Gasteiger partial charge in [0.25, 0.3) is 0 Å². The van der Waals surface area contributed by atoms with E-state index in [9.17, 15) is 18.3 Å². The van der Waals surface area contributed by atoms with Crippen molar-refractivity contribution in [2.45, 2.75) is 6.18 Å². The number of halogens is 3. The maximum absolute atomic E-state index is 13.1. The molecular formula is C18H10F3NO2. The van der Waals surface area contributed by atoms with Crippen molar-refractivity contribution in [2.24, 2.45) is 0 Å². The SMILES string of the molecule is N#Cc1ccc(O)c(-c2ccc(-c3ccccc3C(F)(F)F)o2)c1. The summed E-state index contributed by atoms with van der Waals surface area (Å²) >= 11 is 0. The molecule has 6 heteroatoms. The van der Waals surface area contributed by atoms with Crippen molar-refractivity contribution in [1.82, 2.24) is 0 Å². The van der Waals surface area contributed by atoms with E-state index in [4.69, 9.17) is 9.68 Å². The lowest BCUT2D eigenvalue weighted by Crippen LogP contribution is -2.06. The Labute approximate surface area is 135 Å². The molecule has 0 saturated carbocycles. The van der Waals surface area contributed by atoms with Crippen LogP contribution in [-0.2, 0) is 6.18 Å². The van der Waals surface area contributed by atoms with Crippen LogP contribution in [0.3, 0.4) is 0 Å². The standard InChI is InChI=1S/C18H10F3NO2/c19-18(20,21)14-4-2-1-3-12(14)16-7-8-17(24-16)13-9-11(10-22)5-6-15(13)23/h1-9,23H. The van der Waals surface area contributed by atoms with Crippen LogP contribution in [-0.4, -0.2) is 5.11 Å². The van der Waals surface area contributed by atoms with E-state index in [1.54, 1.807) is 0 Å². The molecule has 3 rings (SSSR count). The number of rotatable bonds is 2. The van der Waals surface area contributed by atoms with E-state index >= 15 is 0 Å². The Morgan fingerprint density at radius 2 is 1.58 bits per heavy atom. The lowest BCUT2D eigenvalue weighted by Gasteiger charge is -2.10. The minimum absolute atomic E-state index is 0.0275. The van der Waals surface area contributed by atoms with Gasteiger partial charge in [0.15, 0.2) is 0 Å². The number of hydrogen-bond acceptors (Lipinski definition) is 3. The Kier molecular flexibility index (Phi) is 3.78. The number of aromatic hydroxyl groups is 1. The molecule has 0 saturated heterocycles. The highest BCUT2D eigenvalue weighted by Crippen LogP contribution is 2.39. The Balaban J connectivity index is 2.09. The topological polar surface area (TPSA) is 57.2 Å². The second-order valence-corrected chi connectivity index (χ2v) is 5.05. The molecule has 1 heterocycles. The lowest BCUT2D eigenvalue weighted by molar-refractivity contribution is -0.137. The van der Waals surface area contributed by atoms with E-state index in [0.29, 0.717) is 5.56 Å². The molecule has 0 fully saturated rings. The maximum atomic E-state index is 13.1. The van der Waals surface area contributed by atoms with Crippen LogP contribution in [0.2, 0.25) is 0 Å². The van der Waals surface area contributed by atoms with Crippen LogP contribution in [0.1, 0.15) is 11.1 Å². The summed E-state index contributed by atoms with van der Waals surface area (Å²) in [4.78, 5) is 0. The number of nitriles is 1. The molecule has 3 aromatic rings. The lowest BCUT2D eigenvalue weighted by atomic mass is 10.1. The average Bonchev–Trinajstić information content (AvgIpc) is 3.04. The number of benzene rings is 2. The molecule has 0 aliphatic rings. The summed E-state index contributed by atoms with van der Waals surface area (Å²) in [5, 5.41) is 18.8. The first-order chi connectivity index (χ1) is 11.4. The maximum Gasteiger partial charge on any atom is 0.417 e. The van der Waals surface area contributed by atoms with Crippen molar-refractivity contribution in [3.63, 3.8) is 0 Å². The molecule has 24 heavy (non-hydrogen) atoms. The van der Waals surface area contributed by atoms with Crippen molar-refractivity contribution in [3.05, 3.63) is 65.7 Å². The van der Waals surface area contributed by atoms with Gasteiger partial charge in [0.05, 0.1) is 22.8 Å².